The van der Waals surface area contributed by atoms with E-state index < -0.39 is 0 Å². The minimum atomic E-state index is 0.0566. The zero-order valence-electron chi connectivity index (χ0n) is 13.4. The smallest absolute Gasteiger partial charge is 0.131 e. The average Bonchev–Trinajstić information content (AvgIpc) is 2.47. The van der Waals surface area contributed by atoms with Gasteiger partial charge in [-0.25, -0.2) is 0 Å². The van der Waals surface area contributed by atoms with E-state index in [1.54, 1.807) is 0 Å². The van der Waals surface area contributed by atoms with Crippen molar-refractivity contribution in [2.24, 2.45) is 5.73 Å². The molecule has 0 aliphatic rings. The lowest BCUT2D eigenvalue weighted by molar-refractivity contribution is 0.455. The van der Waals surface area contributed by atoms with Crippen LogP contribution < -0.4 is 10.5 Å². The van der Waals surface area contributed by atoms with E-state index in [4.69, 9.17) is 10.5 Å². The van der Waals surface area contributed by atoms with Gasteiger partial charge in [0, 0.05) is 11.6 Å². The van der Waals surface area contributed by atoms with E-state index in [2.05, 4.69) is 39.8 Å². The van der Waals surface area contributed by atoms with Gasteiger partial charge in [0.25, 0.3) is 0 Å². The lowest BCUT2D eigenvalue weighted by atomic mass is 9.86. The molecule has 1 atom stereocenters. The SMILES string of the molecule is CCC(N)c1ccc(Oc2ccccc2C(C)(C)C)cc1. The van der Waals surface area contributed by atoms with Crippen LogP contribution in [0.3, 0.4) is 0 Å². The van der Waals surface area contributed by atoms with Gasteiger partial charge in [0.15, 0.2) is 0 Å². The monoisotopic (exact) mass is 283 g/mol. The van der Waals surface area contributed by atoms with E-state index in [0.29, 0.717) is 0 Å². The molecule has 0 spiro atoms. The molecular formula is C19H25NO. The van der Waals surface area contributed by atoms with Gasteiger partial charge >= 0.3 is 0 Å². The summed E-state index contributed by atoms with van der Waals surface area (Å²) in [5.41, 5.74) is 8.45. The standard InChI is InChI=1S/C19H25NO/c1-5-17(20)14-10-12-15(13-11-14)21-18-9-7-6-8-16(18)19(2,3)4/h6-13,17H,5,20H2,1-4H3. The first-order valence-corrected chi connectivity index (χ1v) is 7.54. The van der Waals surface area contributed by atoms with Crippen LogP contribution in [0, 0.1) is 0 Å². The number of para-hydroxylation sites is 1. The van der Waals surface area contributed by atoms with Gasteiger partial charge in [0.05, 0.1) is 0 Å². The molecule has 0 heterocycles. The van der Waals surface area contributed by atoms with Gasteiger partial charge < -0.3 is 10.5 Å². The van der Waals surface area contributed by atoms with Crippen molar-refractivity contribution in [3.05, 3.63) is 59.7 Å². The Balaban J connectivity index is 2.23. The molecule has 0 radical (unpaired) electrons. The second-order valence-electron chi connectivity index (χ2n) is 6.43. The van der Waals surface area contributed by atoms with E-state index in [-0.39, 0.29) is 11.5 Å². The topological polar surface area (TPSA) is 35.2 Å². The Morgan fingerprint density at radius 1 is 1.00 bits per heavy atom. The third-order valence-electron chi connectivity index (χ3n) is 3.67. The third kappa shape index (κ3) is 3.85. The normalized spacial score (nSPS) is 13.0. The summed E-state index contributed by atoms with van der Waals surface area (Å²) in [5.74, 6) is 1.76. The fourth-order valence-corrected chi connectivity index (χ4v) is 2.32. The maximum Gasteiger partial charge on any atom is 0.131 e. The Morgan fingerprint density at radius 2 is 1.62 bits per heavy atom. The Hall–Kier alpha value is -1.80. The summed E-state index contributed by atoms with van der Waals surface area (Å²) in [6.45, 7) is 8.67. The van der Waals surface area contributed by atoms with Crippen LogP contribution in [0.2, 0.25) is 0 Å². The molecule has 0 fully saturated rings. The summed E-state index contributed by atoms with van der Waals surface area (Å²) >= 11 is 0. The minimum Gasteiger partial charge on any atom is -0.457 e. The number of hydrogen-bond acceptors (Lipinski definition) is 2. The highest BCUT2D eigenvalue weighted by Crippen LogP contribution is 2.34. The Morgan fingerprint density at radius 3 is 2.19 bits per heavy atom. The van der Waals surface area contributed by atoms with Crippen molar-refractivity contribution in [1.82, 2.24) is 0 Å². The zero-order chi connectivity index (χ0) is 15.5. The number of ether oxygens (including phenoxy) is 1. The van der Waals surface area contributed by atoms with Gasteiger partial charge in [-0.15, -0.1) is 0 Å². The Bertz CT molecular complexity index is 581. The molecule has 0 saturated heterocycles. The van der Waals surface area contributed by atoms with Gasteiger partial charge in [0.2, 0.25) is 0 Å². The number of hydrogen-bond donors (Lipinski definition) is 1. The molecule has 2 N–H and O–H groups in total. The zero-order valence-corrected chi connectivity index (χ0v) is 13.4. The highest BCUT2D eigenvalue weighted by Gasteiger charge is 2.18. The molecule has 2 aromatic carbocycles. The van der Waals surface area contributed by atoms with E-state index in [1.807, 2.05) is 36.4 Å². The molecule has 2 rings (SSSR count). The van der Waals surface area contributed by atoms with Crippen LogP contribution in [0.4, 0.5) is 0 Å². The molecule has 1 unspecified atom stereocenters. The Kier molecular flexibility index (Phi) is 4.69. The second kappa shape index (κ2) is 6.31. The molecule has 112 valence electrons. The van der Waals surface area contributed by atoms with Crippen molar-refractivity contribution >= 4 is 0 Å². The van der Waals surface area contributed by atoms with Crippen molar-refractivity contribution in [3.63, 3.8) is 0 Å². The first kappa shape index (κ1) is 15.6. The van der Waals surface area contributed by atoms with Crippen LogP contribution in [0.25, 0.3) is 0 Å². The van der Waals surface area contributed by atoms with Crippen LogP contribution >= 0.6 is 0 Å². The van der Waals surface area contributed by atoms with Gasteiger partial charge in [-0.2, -0.15) is 0 Å². The van der Waals surface area contributed by atoms with Crippen LogP contribution in [0.1, 0.15) is 51.3 Å². The molecule has 2 heteroatoms. The maximum absolute atomic E-state index is 6.06. The third-order valence-corrected chi connectivity index (χ3v) is 3.67. The molecule has 21 heavy (non-hydrogen) atoms. The van der Waals surface area contributed by atoms with Crippen LogP contribution in [0.5, 0.6) is 11.5 Å². The summed E-state index contributed by atoms with van der Waals surface area (Å²) in [6.07, 6.45) is 0.938. The molecule has 2 nitrogen and oxygen atoms in total. The van der Waals surface area contributed by atoms with Crippen LogP contribution in [0.15, 0.2) is 48.5 Å². The summed E-state index contributed by atoms with van der Waals surface area (Å²) in [5, 5.41) is 0. The van der Waals surface area contributed by atoms with E-state index in [9.17, 15) is 0 Å². The molecule has 2 aromatic rings. The van der Waals surface area contributed by atoms with Crippen molar-refractivity contribution in [2.45, 2.75) is 45.6 Å². The maximum atomic E-state index is 6.06. The number of rotatable bonds is 4. The summed E-state index contributed by atoms with van der Waals surface area (Å²) in [4.78, 5) is 0. The number of nitrogens with two attached hydrogens (primary N) is 1. The van der Waals surface area contributed by atoms with Gasteiger partial charge in [-0.05, 0) is 35.6 Å². The molecule has 0 aliphatic heterocycles. The molecular weight excluding hydrogens is 258 g/mol. The van der Waals surface area contributed by atoms with E-state index >= 15 is 0 Å². The molecule has 0 bridgehead atoms. The molecule has 0 aliphatic carbocycles. The predicted molar refractivity (Wildman–Crippen MR) is 88.9 cm³/mol. The highest BCUT2D eigenvalue weighted by atomic mass is 16.5. The summed E-state index contributed by atoms with van der Waals surface area (Å²) in [7, 11) is 0. The quantitative estimate of drug-likeness (QED) is 0.838. The second-order valence-corrected chi connectivity index (χ2v) is 6.43. The van der Waals surface area contributed by atoms with Gasteiger partial charge in [-0.3, -0.25) is 0 Å². The van der Waals surface area contributed by atoms with Gasteiger partial charge in [0.1, 0.15) is 11.5 Å². The highest BCUT2D eigenvalue weighted by molar-refractivity contribution is 5.42. The average molecular weight is 283 g/mol. The minimum absolute atomic E-state index is 0.0566. The van der Waals surface area contributed by atoms with Gasteiger partial charge in [-0.1, -0.05) is 58.0 Å². The first-order valence-electron chi connectivity index (χ1n) is 7.54. The van der Waals surface area contributed by atoms with Crippen molar-refractivity contribution in [3.8, 4) is 11.5 Å². The van der Waals surface area contributed by atoms with E-state index in [1.165, 1.54) is 5.56 Å². The Labute approximate surface area is 127 Å². The van der Waals surface area contributed by atoms with Crippen molar-refractivity contribution < 1.29 is 4.74 Å². The fourth-order valence-electron chi connectivity index (χ4n) is 2.32. The number of benzene rings is 2. The first-order chi connectivity index (χ1) is 9.91. The van der Waals surface area contributed by atoms with Crippen molar-refractivity contribution in [2.75, 3.05) is 0 Å². The van der Waals surface area contributed by atoms with Crippen molar-refractivity contribution in [1.29, 1.82) is 0 Å². The van der Waals surface area contributed by atoms with Crippen LogP contribution in [-0.4, -0.2) is 0 Å². The van der Waals surface area contributed by atoms with E-state index in [0.717, 1.165) is 23.5 Å². The molecule has 0 saturated carbocycles. The summed E-state index contributed by atoms with van der Waals surface area (Å²) in [6, 6.07) is 16.4. The fraction of sp³-hybridized carbons (Fsp3) is 0.368. The lowest BCUT2D eigenvalue weighted by Crippen LogP contribution is -2.12. The summed E-state index contributed by atoms with van der Waals surface area (Å²) < 4.78 is 6.06. The lowest BCUT2D eigenvalue weighted by Gasteiger charge is -2.22. The largest absolute Gasteiger partial charge is 0.457 e. The van der Waals surface area contributed by atoms with Crippen LogP contribution in [-0.2, 0) is 5.41 Å². The molecule has 0 aromatic heterocycles. The molecule has 0 amide bonds. The predicted octanol–water partition coefficient (Wildman–Crippen LogP) is 5.19.